The van der Waals surface area contributed by atoms with E-state index in [2.05, 4.69) is 15.0 Å². The molecule has 0 bridgehead atoms. The van der Waals surface area contributed by atoms with Crippen LogP contribution in [0.4, 0.5) is 5.95 Å². The Hall–Kier alpha value is -2.18. The summed E-state index contributed by atoms with van der Waals surface area (Å²) in [5, 5.41) is 0. The van der Waals surface area contributed by atoms with Crippen molar-refractivity contribution in [3.63, 3.8) is 0 Å². The molecule has 7 heteroatoms. The molecule has 0 saturated heterocycles. The van der Waals surface area contributed by atoms with E-state index in [1.165, 1.54) is 17.8 Å². The maximum absolute atomic E-state index is 11.4. The minimum atomic E-state index is -0.403. The number of hydrogen-bond acceptors (Lipinski definition) is 5. The van der Waals surface area contributed by atoms with Gasteiger partial charge in [-0.15, -0.1) is 0 Å². The van der Waals surface area contributed by atoms with E-state index >= 15 is 0 Å². The van der Waals surface area contributed by atoms with Gasteiger partial charge in [0.05, 0.1) is 12.9 Å². The van der Waals surface area contributed by atoms with E-state index in [9.17, 15) is 9.59 Å². The molecule has 0 saturated carbocycles. The van der Waals surface area contributed by atoms with Crippen LogP contribution in [0.25, 0.3) is 11.2 Å². The van der Waals surface area contributed by atoms with Crippen LogP contribution in [0.1, 0.15) is 6.92 Å². The fourth-order valence-electron chi connectivity index (χ4n) is 1.33. The molecule has 2 heterocycles. The molecule has 0 radical (unpaired) electrons. The van der Waals surface area contributed by atoms with Crippen LogP contribution in [-0.2, 0) is 11.3 Å². The van der Waals surface area contributed by atoms with Crippen LogP contribution in [0.15, 0.2) is 11.1 Å². The molecule has 2 aromatic rings. The third-order valence-corrected chi connectivity index (χ3v) is 1.89. The summed E-state index contributed by atoms with van der Waals surface area (Å²) in [4.78, 5) is 32.4. The number of nitrogen functional groups attached to an aromatic ring is 1. The van der Waals surface area contributed by atoms with Gasteiger partial charge in [-0.25, -0.2) is 4.98 Å². The Morgan fingerprint density at radius 2 is 2.40 bits per heavy atom. The van der Waals surface area contributed by atoms with E-state index in [1.54, 1.807) is 0 Å². The fraction of sp³-hybridized carbons (Fsp3) is 0.250. The number of Topliss-reactive ketones (excluding diaryl/α,β-unsaturated/α-hetero) is 1. The second-order valence-electron chi connectivity index (χ2n) is 3.20. The Labute approximate surface area is 83.9 Å². The van der Waals surface area contributed by atoms with Gasteiger partial charge in [-0.3, -0.25) is 14.6 Å². The molecule has 0 aliphatic heterocycles. The van der Waals surface area contributed by atoms with Crippen molar-refractivity contribution in [1.82, 2.24) is 19.5 Å². The lowest BCUT2D eigenvalue weighted by atomic mass is 10.4. The van der Waals surface area contributed by atoms with Gasteiger partial charge in [0.25, 0.3) is 5.56 Å². The summed E-state index contributed by atoms with van der Waals surface area (Å²) in [5.74, 6) is -0.0345. The lowest BCUT2D eigenvalue weighted by Crippen LogP contribution is -2.13. The number of hydrogen-bond donors (Lipinski definition) is 2. The first-order valence-corrected chi connectivity index (χ1v) is 4.28. The number of nitrogens with zero attached hydrogens (tertiary/aromatic N) is 3. The number of rotatable bonds is 2. The third-order valence-electron chi connectivity index (χ3n) is 1.89. The van der Waals surface area contributed by atoms with Crippen LogP contribution in [0.2, 0.25) is 0 Å². The Bertz CT molecular complexity index is 582. The maximum Gasteiger partial charge on any atom is 0.280 e. The number of nitrogens with one attached hydrogen (secondary N) is 1. The van der Waals surface area contributed by atoms with Crippen LogP contribution in [0.5, 0.6) is 0 Å². The van der Waals surface area contributed by atoms with E-state index in [0.717, 1.165) is 0 Å². The highest BCUT2D eigenvalue weighted by Crippen LogP contribution is 2.05. The maximum atomic E-state index is 11.4. The zero-order chi connectivity index (χ0) is 11.0. The second kappa shape index (κ2) is 3.19. The van der Waals surface area contributed by atoms with Gasteiger partial charge in [0, 0.05) is 0 Å². The number of carbonyl (C=O) groups excluding carboxylic acids is 1. The first kappa shape index (κ1) is 9.38. The van der Waals surface area contributed by atoms with Gasteiger partial charge in [-0.2, -0.15) is 4.98 Å². The normalized spacial score (nSPS) is 10.7. The van der Waals surface area contributed by atoms with Crippen LogP contribution in [0.3, 0.4) is 0 Å². The average Bonchev–Trinajstić information content (AvgIpc) is 2.48. The summed E-state index contributed by atoms with van der Waals surface area (Å²) in [7, 11) is 0. The predicted octanol–water partition coefficient (Wildman–Crippen LogP) is -0.709. The Morgan fingerprint density at radius 3 is 3.07 bits per heavy atom. The van der Waals surface area contributed by atoms with Crippen LogP contribution in [-0.4, -0.2) is 25.3 Å². The standard InChI is InChI=1S/C8H9N5O2/c1-4(14)2-13-3-10-5-6(13)11-8(9)12-7(5)15/h3H,2H2,1H3,(H3,9,11,12,15). The fourth-order valence-corrected chi connectivity index (χ4v) is 1.33. The van der Waals surface area contributed by atoms with Crippen molar-refractivity contribution in [1.29, 1.82) is 0 Å². The SMILES string of the molecule is CC(=O)Cn1cnc2c(=O)[nH]c(N)nc21. The number of nitrogens with two attached hydrogens (primary N) is 1. The lowest BCUT2D eigenvalue weighted by Gasteiger charge is -1.99. The van der Waals surface area contributed by atoms with Crippen molar-refractivity contribution in [2.75, 3.05) is 5.73 Å². The third kappa shape index (κ3) is 1.58. The monoisotopic (exact) mass is 207 g/mol. The van der Waals surface area contributed by atoms with Gasteiger partial charge in [0.15, 0.2) is 11.2 Å². The molecule has 0 fully saturated rings. The summed E-state index contributed by atoms with van der Waals surface area (Å²) in [6, 6.07) is 0. The van der Waals surface area contributed by atoms with Gasteiger partial charge < -0.3 is 10.3 Å². The summed E-state index contributed by atoms with van der Waals surface area (Å²) in [5.41, 5.74) is 5.50. The van der Waals surface area contributed by atoms with E-state index in [1.807, 2.05) is 0 Å². The molecular weight excluding hydrogens is 198 g/mol. The summed E-state index contributed by atoms with van der Waals surface area (Å²) in [6.07, 6.45) is 1.40. The highest BCUT2D eigenvalue weighted by atomic mass is 16.1. The number of aromatic amines is 1. The molecule has 0 atom stereocenters. The van der Waals surface area contributed by atoms with Gasteiger partial charge in [0.1, 0.15) is 5.78 Å². The highest BCUT2D eigenvalue weighted by molar-refractivity contribution is 5.78. The number of fused-ring (bicyclic) bond motifs is 1. The summed E-state index contributed by atoms with van der Waals surface area (Å²) in [6.45, 7) is 1.58. The van der Waals surface area contributed by atoms with Crippen molar-refractivity contribution >= 4 is 22.9 Å². The molecule has 2 aromatic heterocycles. The highest BCUT2D eigenvalue weighted by Gasteiger charge is 2.09. The number of anilines is 1. The predicted molar refractivity (Wildman–Crippen MR) is 53.2 cm³/mol. The van der Waals surface area contributed by atoms with Gasteiger partial charge in [-0.05, 0) is 6.92 Å². The molecule has 7 nitrogen and oxygen atoms in total. The Balaban J connectivity index is 2.68. The number of carbonyl (C=O) groups is 1. The topological polar surface area (TPSA) is 107 Å². The van der Waals surface area contributed by atoms with E-state index < -0.39 is 5.56 Å². The molecule has 15 heavy (non-hydrogen) atoms. The van der Waals surface area contributed by atoms with E-state index in [4.69, 9.17) is 5.73 Å². The number of ketones is 1. The zero-order valence-electron chi connectivity index (χ0n) is 8.02. The van der Waals surface area contributed by atoms with E-state index in [-0.39, 0.29) is 23.8 Å². The molecule has 0 unspecified atom stereocenters. The zero-order valence-corrected chi connectivity index (χ0v) is 8.02. The number of H-pyrrole nitrogens is 1. The summed E-state index contributed by atoms with van der Waals surface area (Å²) < 4.78 is 1.49. The first-order valence-electron chi connectivity index (χ1n) is 4.28. The van der Waals surface area contributed by atoms with Crippen LogP contribution >= 0.6 is 0 Å². The largest absolute Gasteiger partial charge is 0.369 e. The summed E-state index contributed by atoms with van der Waals surface area (Å²) >= 11 is 0. The van der Waals surface area contributed by atoms with Crippen LogP contribution in [0, 0.1) is 0 Å². The van der Waals surface area contributed by atoms with Crippen molar-refractivity contribution in [3.8, 4) is 0 Å². The van der Waals surface area contributed by atoms with Gasteiger partial charge in [0.2, 0.25) is 5.95 Å². The molecular formula is C8H9N5O2. The molecule has 0 spiro atoms. The van der Waals surface area contributed by atoms with Crippen molar-refractivity contribution in [2.45, 2.75) is 13.5 Å². The quantitative estimate of drug-likeness (QED) is 0.676. The smallest absolute Gasteiger partial charge is 0.280 e. The number of aromatic nitrogens is 4. The molecule has 78 valence electrons. The van der Waals surface area contributed by atoms with Crippen LogP contribution < -0.4 is 11.3 Å². The lowest BCUT2D eigenvalue weighted by molar-refractivity contribution is -0.117. The van der Waals surface area contributed by atoms with Crippen molar-refractivity contribution < 1.29 is 4.79 Å². The van der Waals surface area contributed by atoms with Gasteiger partial charge in [-0.1, -0.05) is 0 Å². The van der Waals surface area contributed by atoms with Gasteiger partial charge >= 0.3 is 0 Å². The first-order chi connectivity index (χ1) is 7.08. The Morgan fingerprint density at radius 1 is 1.67 bits per heavy atom. The molecule has 3 N–H and O–H groups in total. The minimum absolute atomic E-state index is 0.0119. The minimum Gasteiger partial charge on any atom is -0.369 e. The molecule has 0 aliphatic carbocycles. The molecule has 2 rings (SSSR count). The number of imidazole rings is 1. The molecule has 0 aromatic carbocycles. The molecule has 0 amide bonds. The second-order valence-corrected chi connectivity index (χ2v) is 3.20. The average molecular weight is 207 g/mol. The molecule has 0 aliphatic rings. The van der Waals surface area contributed by atoms with Crippen molar-refractivity contribution in [2.24, 2.45) is 0 Å². The Kier molecular flexibility index (Phi) is 2.00. The van der Waals surface area contributed by atoms with Crippen molar-refractivity contribution in [3.05, 3.63) is 16.7 Å². The van der Waals surface area contributed by atoms with E-state index in [0.29, 0.717) is 5.65 Å².